The molecule has 2 N–H and O–H groups in total. The standard InChI is InChI=1S/C16H16FNO2/c17-13-5-3-12(4-6-13)14(18)7-1-11-2-8-15-16(9-11)20-10-19-15/h2-6,8-9,14H,1,7,10,18H2. The van der Waals surface area contributed by atoms with E-state index in [2.05, 4.69) is 0 Å². The van der Waals surface area contributed by atoms with Gasteiger partial charge in [0.05, 0.1) is 0 Å². The Kier molecular flexibility index (Phi) is 3.56. The van der Waals surface area contributed by atoms with Crippen LogP contribution in [0.2, 0.25) is 0 Å². The molecule has 2 aromatic carbocycles. The largest absolute Gasteiger partial charge is 0.454 e. The third-order valence-corrected chi connectivity index (χ3v) is 3.48. The minimum Gasteiger partial charge on any atom is -0.454 e. The SMILES string of the molecule is NC(CCc1ccc2c(c1)OCO2)c1ccc(F)cc1. The topological polar surface area (TPSA) is 44.5 Å². The molecule has 0 saturated heterocycles. The van der Waals surface area contributed by atoms with E-state index in [1.807, 2.05) is 18.2 Å². The molecule has 2 aromatic rings. The van der Waals surface area contributed by atoms with Gasteiger partial charge in [-0.15, -0.1) is 0 Å². The summed E-state index contributed by atoms with van der Waals surface area (Å²) in [5, 5.41) is 0. The van der Waals surface area contributed by atoms with Crippen LogP contribution in [0.15, 0.2) is 42.5 Å². The van der Waals surface area contributed by atoms with Gasteiger partial charge in [-0.25, -0.2) is 4.39 Å². The molecule has 0 amide bonds. The second-order valence-corrected chi connectivity index (χ2v) is 4.88. The van der Waals surface area contributed by atoms with Gasteiger partial charge in [0.1, 0.15) is 5.82 Å². The van der Waals surface area contributed by atoms with Crippen molar-refractivity contribution in [1.29, 1.82) is 0 Å². The fraction of sp³-hybridized carbons (Fsp3) is 0.250. The van der Waals surface area contributed by atoms with Gasteiger partial charge in [-0.2, -0.15) is 0 Å². The van der Waals surface area contributed by atoms with Crippen LogP contribution in [-0.4, -0.2) is 6.79 Å². The second-order valence-electron chi connectivity index (χ2n) is 4.88. The van der Waals surface area contributed by atoms with Crippen molar-refractivity contribution in [2.45, 2.75) is 18.9 Å². The minimum atomic E-state index is -0.239. The summed E-state index contributed by atoms with van der Waals surface area (Å²) < 4.78 is 23.5. The number of aryl methyl sites for hydroxylation is 1. The average molecular weight is 273 g/mol. The zero-order valence-corrected chi connectivity index (χ0v) is 11.0. The Labute approximate surface area is 117 Å². The molecule has 104 valence electrons. The minimum absolute atomic E-state index is 0.0963. The first-order chi connectivity index (χ1) is 9.72. The first-order valence-corrected chi connectivity index (χ1v) is 6.62. The molecule has 0 aromatic heterocycles. The van der Waals surface area contributed by atoms with Crippen molar-refractivity contribution in [2.24, 2.45) is 5.73 Å². The lowest BCUT2D eigenvalue weighted by Crippen LogP contribution is -2.11. The molecule has 3 nitrogen and oxygen atoms in total. The summed E-state index contributed by atoms with van der Waals surface area (Å²) >= 11 is 0. The highest BCUT2D eigenvalue weighted by atomic mass is 19.1. The van der Waals surface area contributed by atoms with Gasteiger partial charge in [0.25, 0.3) is 0 Å². The Balaban J connectivity index is 1.63. The molecule has 0 bridgehead atoms. The zero-order chi connectivity index (χ0) is 13.9. The summed E-state index contributed by atoms with van der Waals surface area (Å²) in [4.78, 5) is 0. The number of hydrogen-bond acceptors (Lipinski definition) is 3. The fourth-order valence-electron chi connectivity index (χ4n) is 2.30. The van der Waals surface area contributed by atoms with Crippen LogP contribution in [0, 0.1) is 5.82 Å². The Morgan fingerprint density at radius 3 is 2.60 bits per heavy atom. The Hall–Kier alpha value is -2.07. The van der Waals surface area contributed by atoms with Gasteiger partial charge >= 0.3 is 0 Å². The highest BCUT2D eigenvalue weighted by Gasteiger charge is 2.14. The monoisotopic (exact) mass is 273 g/mol. The number of halogens is 1. The maximum absolute atomic E-state index is 12.9. The van der Waals surface area contributed by atoms with Gasteiger partial charge in [-0.3, -0.25) is 0 Å². The molecule has 0 saturated carbocycles. The van der Waals surface area contributed by atoms with E-state index >= 15 is 0 Å². The molecular formula is C16H16FNO2. The first kappa shape index (κ1) is 12.9. The van der Waals surface area contributed by atoms with Gasteiger partial charge in [0.15, 0.2) is 11.5 Å². The van der Waals surface area contributed by atoms with Crippen molar-refractivity contribution in [2.75, 3.05) is 6.79 Å². The summed E-state index contributed by atoms with van der Waals surface area (Å²) in [7, 11) is 0. The van der Waals surface area contributed by atoms with Gasteiger partial charge in [0.2, 0.25) is 6.79 Å². The number of hydrogen-bond donors (Lipinski definition) is 1. The van der Waals surface area contributed by atoms with E-state index in [0.29, 0.717) is 0 Å². The molecule has 3 rings (SSSR count). The van der Waals surface area contributed by atoms with Crippen molar-refractivity contribution < 1.29 is 13.9 Å². The zero-order valence-electron chi connectivity index (χ0n) is 11.0. The summed E-state index contributed by atoms with van der Waals surface area (Å²) in [6.07, 6.45) is 1.64. The molecule has 1 heterocycles. The van der Waals surface area contributed by atoms with E-state index in [-0.39, 0.29) is 18.7 Å². The third kappa shape index (κ3) is 2.75. The summed E-state index contributed by atoms with van der Waals surface area (Å²) in [6.45, 7) is 0.286. The van der Waals surface area contributed by atoms with E-state index in [1.165, 1.54) is 12.1 Å². The first-order valence-electron chi connectivity index (χ1n) is 6.62. The highest BCUT2D eigenvalue weighted by Crippen LogP contribution is 2.33. The highest BCUT2D eigenvalue weighted by molar-refractivity contribution is 5.44. The Bertz CT molecular complexity index is 598. The Morgan fingerprint density at radius 1 is 1.05 bits per heavy atom. The molecule has 1 atom stereocenters. The number of nitrogens with two attached hydrogens (primary N) is 1. The molecule has 1 aliphatic rings. The second kappa shape index (κ2) is 5.51. The van der Waals surface area contributed by atoms with Crippen LogP contribution in [0.1, 0.15) is 23.6 Å². The van der Waals surface area contributed by atoms with E-state index in [1.54, 1.807) is 12.1 Å². The van der Waals surface area contributed by atoms with Crippen LogP contribution in [-0.2, 0) is 6.42 Å². The maximum atomic E-state index is 12.9. The third-order valence-electron chi connectivity index (χ3n) is 3.48. The van der Waals surface area contributed by atoms with Crippen molar-refractivity contribution in [3.05, 3.63) is 59.4 Å². The lowest BCUT2D eigenvalue weighted by atomic mass is 9.99. The van der Waals surface area contributed by atoms with Crippen LogP contribution in [0.4, 0.5) is 4.39 Å². The summed E-state index contributed by atoms with van der Waals surface area (Å²) in [5.41, 5.74) is 8.24. The van der Waals surface area contributed by atoms with Crippen LogP contribution in [0.5, 0.6) is 11.5 Å². The van der Waals surface area contributed by atoms with Crippen molar-refractivity contribution in [3.63, 3.8) is 0 Å². The van der Waals surface area contributed by atoms with Crippen molar-refractivity contribution in [1.82, 2.24) is 0 Å². The molecule has 20 heavy (non-hydrogen) atoms. The summed E-state index contributed by atoms with van der Waals surface area (Å²) in [5.74, 6) is 1.34. The van der Waals surface area contributed by atoms with Crippen molar-refractivity contribution in [3.8, 4) is 11.5 Å². The van der Waals surface area contributed by atoms with E-state index < -0.39 is 0 Å². The lowest BCUT2D eigenvalue weighted by Gasteiger charge is -2.12. The van der Waals surface area contributed by atoms with Gasteiger partial charge in [0, 0.05) is 6.04 Å². The van der Waals surface area contributed by atoms with Crippen LogP contribution in [0.25, 0.3) is 0 Å². The van der Waals surface area contributed by atoms with Gasteiger partial charge < -0.3 is 15.2 Å². The van der Waals surface area contributed by atoms with E-state index in [4.69, 9.17) is 15.2 Å². The van der Waals surface area contributed by atoms with E-state index in [9.17, 15) is 4.39 Å². The molecule has 0 fully saturated rings. The molecule has 1 unspecified atom stereocenters. The average Bonchev–Trinajstić information content (AvgIpc) is 2.93. The van der Waals surface area contributed by atoms with Gasteiger partial charge in [-0.05, 0) is 48.2 Å². The molecule has 0 radical (unpaired) electrons. The lowest BCUT2D eigenvalue weighted by molar-refractivity contribution is 0.174. The molecule has 0 aliphatic carbocycles. The smallest absolute Gasteiger partial charge is 0.231 e. The molecule has 0 spiro atoms. The molecule has 1 aliphatic heterocycles. The normalized spacial score (nSPS) is 14.3. The predicted octanol–water partition coefficient (Wildman–Crippen LogP) is 3.19. The van der Waals surface area contributed by atoms with Crippen LogP contribution < -0.4 is 15.2 Å². The number of benzene rings is 2. The predicted molar refractivity (Wildman–Crippen MR) is 74.2 cm³/mol. The van der Waals surface area contributed by atoms with E-state index in [0.717, 1.165) is 35.5 Å². The van der Waals surface area contributed by atoms with Gasteiger partial charge in [-0.1, -0.05) is 18.2 Å². The number of rotatable bonds is 4. The van der Waals surface area contributed by atoms with Crippen LogP contribution in [0.3, 0.4) is 0 Å². The molecular weight excluding hydrogens is 257 g/mol. The quantitative estimate of drug-likeness (QED) is 0.930. The molecule has 4 heteroatoms. The fourth-order valence-corrected chi connectivity index (χ4v) is 2.30. The maximum Gasteiger partial charge on any atom is 0.231 e. The number of fused-ring (bicyclic) bond motifs is 1. The van der Waals surface area contributed by atoms with Crippen LogP contribution >= 0.6 is 0 Å². The van der Waals surface area contributed by atoms with Crippen molar-refractivity contribution >= 4 is 0 Å². The summed E-state index contributed by atoms with van der Waals surface area (Å²) in [6, 6.07) is 12.2. The Morgan fingerprint density at radius 2 is 1.80 bits per heavy atom. The number of ether oxygens (including phenoxy) is 2.